The van der Waals surface area contributed by atoms with Crippen LogP contribution in [-0.4, -0.2) is 36.3 Å². The van der Waals surface area contributed by atoms with Crippen molar-refractivity contribution in [2.75, 3.05) is 20.3 Å². The largest absolute Gasteiger partial charge is 0.493 e. The number of hydrogen-bond acceptors (Lipinski definition) is 6. The van der Waals surface area contributed by atoms with Crippen LogP contribution in [0.5, 0.6) is 17.2 Å². The van der Waals surface area contributed by atoms with Gasteiger partial charge in [0.25, 0.3) is 11.1 Å². The third-order valence-corrected chi connectivity index (χ3v) is 7.21. The Morgan fingerprint density at radius 3 is 2.47 bits per heavy atom. The monoisotopic (exact) mass is 615 g/mol. The Balaban J connectivity index is 1.43. The van der Waals surface area contributed by atoms with Crippen molar-refractivity contribution in [2.45, 2.75) is 20.5 Å². The molecule has 1 aliphatic rings. The van der Waals surface area contributed by atoms with Gasteiger partial charge in [0.1, 0.15) is 19.0 Å². The zero-order valence-electron chi connectivity index (χ0n) is 20.2. The van der Waals surface area contributed by atoms with Crippen LogP contribution in [0.2, 0.25) is 0 Å². The lowest BCUT2D eigenvalue weighted by Crippen LogP contribution is -2.32. The van der Waals surface area contributed by atoms with E-state index in [9.17, 15) is 9.59 Å². The van der Waals surface area contributed by atoms with Gasteiger partial charge < -0.3 is 14.2 Å². The molecule has 0 atom stereocenters. The molecule has 0 aromatic heterocycles. The molecule has 0 aliphatic carbocycles. The minimum absolute atomic E-state index is 0.183. The molecular formula is C28H26INO5S. The van der Waals surface area contributed by atoms with Crippen molar-refractivity contribution in [1.82, 2.24) is 4.90 Å². The van der Waals surface area contributed by atoms with E-state index in [-0.39, 0.29) is 24.3 Å². The minimum Gasteiger partial charge on any atom is -0.493 e. The molecule has 0 radical (unpaired) electrons. The maximum atomic E-state index is 12.9. The third kappa shape index (κ3) is 6.41. The summed E-state index contributed by atoms with van der Waals surface area (Å²) >= 11 is 3.12. The van der Waals surface area contributed by atoms with Gasteiger partial charge in [-0.05, 0) is 95.2 Å². The van der Waals surface area contributed by atoms with Crippen LogP contribution in [0.4, 0.5) is 4.79 Å². The van der Waals surface area contributed by atoms with Crippen molar-refractivity contribution < 1.29 is 23.8 Å². The molecule has 0 saturated carbocycles. The second-order valence-electron chi connectivity index (χ2n) is 8.31. The van der Waals surface area contributed by atoms with Crippen LogP contribution in [0.15, 0.2) is 65.6 Å². The van der Waals surface area contributed by atoms with E-state index in [0.717, 1.165) is 32.0 Å². The highest BCUT2D eigenvalue weighted by Gasteiger charge is 2.35. The molecule has 1 heterocycles. The Bertz CT molecular complexity index is 1310. The molecule has 1 fully saturated rings. The van der Waals surface area contributed by atoms with Gasteiger partial charge in [-0.25, -0.2) is 0 Å². The summed E-state index contributed by atoms with van der Waals surface area (Å²) in [7, 11) is 1.58. The maximum absolute atomic E-state index is 12.9. The highest BCUT2D eigenvalue weighted by molar-refractivity contribution is 14.1. The molecule has 3 aromatic carbocycles. The smallest absolute Gasteiger partial charge is 0.293 e. The fourth-order valence-electron chi connectivity index (χ4n) is 3.61. The van der Waals surface area contributed by atoms with Crippen molar-refractivity contribution in [3.05, 3.63) is 91.4 Å². The fourth-order valence-corrected chi connectivity index (χ4v) is 5.25. The van der Waals surface area contributed by atoms with E-state index >= 15 is 0 Å². The van der Waals surface area contributed by atoms with Gasteiger partial charge in [-0.3, -0.25) is 14.5 Å². The number of methoxy groups -OCH3 is 1. The number of imide groups is 1. The lowest BCUT2D eigenvalue weighted by molar-refractivity contribution is -0.123. The quantitative estimate of drug-likeness (QED) is 0.200. The fraction of sp³-hybridized carbons (Fsp3) is 0.214. The Labute approximate surface area is 228 Å². The molecule has 1 aliphatic heterocycles. The van der Waals surface area contributed by atoms with Gasteiger partial charge in [-0.2, -0.15) is 0 Å². The minimum atomic E-state index is -0.327. The van der Waals surface area contributed by atoms with E-state index in [2.05, 4.69) is 22.6 Å². The van der Waals surface area contributed by atoms with Gasteiger partial charge in [-0.15, -0.1) is 0 Å². The third-order valence-electron chi connectivity index (χ3n) is 5.50. The van der Waals surface area contributed by atoms with Gasteiger partial charge in [0.15, 0.2) is 11.5 Å². The molecule has 2 amide bonds. The van der Waals surface area contributed by atoms with Gasteiger partial charge in [0, 0.05) is 0 Å². The van der Waals surface area contributed by atoms with Crippen molar-refractivity contribution in [1.29, 1.82) is 0 Å². The summed E-state index contributed by atoms with van der Waals surface area (Å²) in [6.07, 6.45) is 1.71. The molecule has 186 valence electrons. The molecule has 1 saturated heterocycles. The van der Waals surface area contributed by atoms with Crippen molar-refractivity contribution in [2.24, 2.45) is 0 Å². The molecule has 3 aromatic rings. The first-order chi connectivity index (χ1) is 17.3. The molecule has 4 rings (SSSR count). The number of thioether (sulfide) groups is 1. The SMILES string of the molecule is COc1cc(/C=C2\SC(=O)N(CCOc3cccc(C)c3)C2=O)cc(I)c1OCc1ccc(C)cc1. The van der Waals surface area contributed by atoms with Gasteiger partial charge >= 0.3 is 0 Å². The number of hydrogen-bond donors (Lipinski definition) is 0. The summed E-state index contributed by atoms with van der Waals surface area (Å²) in [5.74, 6) is 1.58. The topological polar surface area (TPSA) is 65.1 Å². The number of carbonyl (C=O) groups excluding carboxylic acids is 2. The molecule has 0 bridgehead atoms. The van der Waals surface area contributed by atoms with E-state index < -0.39 is 0 Å². The lowest BCUT2D eigenvalue weighted by Gasteiger charge is -2.14. The summed E-state index contributed by atoms with van der Waals surface area (Å²) in [4.78, 5) is 27.0. The van der Waals surface area contributed by atoms with Crippen molar-refractivity contribution in [3.8, 4) is 17.2 Å². The molecule has 0 N–H and O–H groups in total. The number of carbonyl (C=O) groups is 2. The van der Waals surface area contributed by atoms with Crippen LogP contribution < -0.4 is 14.2 Å². The van der Waals surface area contributed by atoms with Crippen LogP contribution in [0.1, 0.15) is 22.3 Å². The lowest BCUT2D eigenvalue weighted by atomic mass is 10.1. The average Bonchev–Trinajstić information content (AvgIpc) is 3.11. The molecule has 0 spiro atoms. The number of ether oxygens (including phenoxy) is 3. The molecular weight excluding hydrogens is 589 g/mol. The number of nitrogens with zero attached hydrogens (tertiary/aromatic N) is 1. The van der Waals surface area contributed by atoms with Crippen molar-refractivity contribution in [3.63, 3.8) is 0 Å². The highest BCUT2D eigenvalue weighted by atomic mass is 127. The normalized spacial score (nSPS) is 14.4. The molecule has 0 unspecified atom stereocenters. The van der Waals surface area contributed by atoms with Crippen LogP contribution in [0.3, 0.4) is 0 Å². The van der Waals surface area contributed by atoms with E-state index in [1.165, 1.54) is 10.5 Å². The first-order valence-electron chi connectivity index (χ1n) is 11.3. The molecule has 8 heteroatoms. The van der Waals surface area contributed by atoms with Crippen molar-refractivity contribution >= 4 is 51.6 Å². The number of halogens is 1. The second kappa shape index (κ2) is 11.8. The highest BCUT2D eigenvalue weighted by Crippen LogP contribution is 2.37. The van der Waals surface area contributed by atoms with E-state index in [1.54, 1.807) is 13.2 Å². The first kappa shape index (κ1) is 26.1. The van der Waals surface area contributed by atoms with Crippen LogP contribution in [0.25, 0.3) is 6.08 Å². The number of amides is 2. The first-order valence-corrected chi connectivity index (χ1v) is 13.2. The van der Waals surface area contributed by atoms with Crippen LogP contribution in [0, 0.1) is 17.4 Å². The van der Waals surface area contributed by atoms with Crippen LogP contribution in [-0.2, 0) is 11.4 Å². The maximum Gasteiger partial charge on any atom is 0.293 e. The number of rotatable bonds is 9. The average molecular weight is 615 g/mol. The predicted octanol–water partition coefficient (Wildman–Crippen LogP) is 6.61. The van der Waals surface area contributed by atoms with E-state index in [1.807, 2.05) is 74.5 Å². The summed E-state index contributed by atoms with van der Waals surface area (Å²) in [6, 6.07) is 19.5. The summed E-state index contributed by atoms with van der Waals surface area (Å²) in [5, 5.41) is -0.307. The Hall–Kier alpha value is -2.98. The molecule has 6 nitrogen and oxygen atoms in total. The Kier molecular flexibility index (Phi) is 8.58. The zero-order valence-corrected chi connectivity index (χ0v) is 23.2. The Morgan fingerprint density at radius 1 is 0.972 bits per heavy atom. The summed E-state index contributed by atoms with van der Waals surface area (Å²) < 4.78 is 18.2. The summed E-state index contributed by atoms with van der Waals surface area (Å²) in [6.45, 7) is 4.85. The van der Waals surface area contributed by atoms with E-state index in [4.69, 9.17) is 14.2 Å². The van der Waals surface area contributed by atoms with Gasteiger partial charge in [-0.1, -0.05) is 42.0 Å². The van der Waals surface area contributed by atoms with Gasteiger partial charge in [0.05, 0.1) is 22.1 Å². The summed E-state index contributed by atoms with van der Waals surface area (Å²) in [5.41, 5.74) is 4.08. The van der Waals surface area contributed by atoms with Crippen LogP contribution >= 0.6 is 34.4 Å². The second-order valence-corrected chi connectivity index (χ2v) is 10.5. The molecule has 36 heavy (non-hydrogen) atoms. The zero-order chi connectivity index (χ0) is 25.7. The predicted molar refractivity (Wildman–Crippen MR) is 151 cm³/mol. The van der Waals surface area contributed by atoms with Gasteiger partial charge in [0.2, 0.25) is 0 Å². The van der Waals surface area contributed by atoms with E-state index in [0.29, 0.717) is 28.8 Å². The standard InChI is InChI=1S/C28H26INO5S/c1-18-7-9-20(10-8-18)17-35-26-23(29)14-21(15-24(26)33-3)16-25-27(31)30(28(32)36-25)11-12-34-22-6-4-5-19(2)13-22/h4-10,13-16H,11-12,17H2,1-3H3/b25-16-. The Morgan fingerprint density at radius 2 is 1.75 bits per heavy atom. The number of benzene rings is 3. The number of aryl methyl sites for hydroxylation is 2.